The Kier molecular flexibility index (Phi) is 4.74. The van der Waals surface area contributed by atoms with Crippen molar-refractivity contribution >= 4 is 17.3 Å². The van der Waals surface area contributed by atoms with Gasteiger partial charge in [-0.1, -0.05) is 17.7 Å². The molecule has 0 atom stereocenters. The molecular formula is C13H18ClN3O2. The Hall–Kier alpha value is -1.17. The minimum atomic E-state index is -0.364. The van der Waals surface area contributed by atoms with Crippen LogP contribution in [0, 0.1) is 10.1 Å². The average Bonchev–Trinajstić information content (AvgIpc) is 2.41. The first-order chi connectivity index (χ1) is 9.09. The predicted molar refractivity (Wildman–Crippen MR) is 75.5 cm³/mol. The lowest BCUT2D eigenvalue weighted by Gasteiger charge is -2.31. The third-order valence-electron chi connectivity index (χ3n) is 3.63. The monoisotopic (exact) mass is 283 g/mol. The van der Waals surface area contributed by atoms with Gasteiger partial charge in [0.1, 0.15) is 0 Å². The molecule has 0 amide bonds. The summed E-state index contributed by atoms with van der Waals surface area (Å²) < 4.78 is 0. The summed E-state index contributed by atoms with van der Waals surface area (Å²) in [6, 6.07) is 5.30. The highest BCUT2D eigenvalue weighted by Crippen LogP contribution is 2.28. The summed E-state index contributed by atoms with van der Waals surface area (Å²) in [6.07, 6.45) is 2.13. The van der Waals surface area contributed by atoms with Gasteiger partial charge in [0.05, 0.1) is 15.5 Å². The Morgan fingerprint density at radius 1 is 1.47 bits per heavy atom. The summed E-state index contributed by atoms with van der Waals surface area (Å²) in [5.41, 5.74) is 0.712. The third-order valence-corrected chi connectivity index (χ3v) is 3.98. The zero-order valence-corrected chi connectivity index (χ0v) is 11.7. The van der Waals surface area contributed by atoms with Crippen molar-refractivity contribution in [3.05, 3.63) is 38.9 Å². The van der Waals surface area contributed by atoms with E-state index in [0.717, 1.165) is 25.9 Å². The number of nitro groups is 1. The molecule has 0 unspecified atom stereocenters. The average molecular weight is 284 g/mol. The second kappa shape index (κ2) is 6.32. The van der Waals surface area contributed by atoms with Crippen LogP contribution >= 0.6 is 11.6 Å². The number of nitrogens with one attached hydrogen (secondary N) is 1. The summed E-state index contributed by atoms with van der Waals surface area (Å²) in [4.78, 5) is 12.8. The molecule has 0 bridgehead atoms. The van der Waals surface area contributed by atoms with E-state index in [2.05, 4.69) is 10.2 Å². The van der Waals surface area contributed by atoms with Crippen molar-refractivity contribution in [2.45, 2.75) is 25.4 Å². The van der Waals surface area contributed by atoms with Gasteiger partial charge in [-0.05, 0) is 39.0 Å². The number of nitrogens with zero attached hydrogens (tertiary/aromatic N) is 2. The lowest BCUT2D eigenvalue weighted by atomic mass is 10.0. The van der Waals surface area contributed by atoms with E-state index >= 15 is 0 Å². The van der Waals surface area contributed by atoms with Crippen LogP contribution in [0.4, 0.5) is 5.69 Å². The quantitative estimate of drug-likeness (QED) is 0.681. The molecule has 1 aromatic carbocycles. The Morgan fingerprint density at radius 3 is 2.79 bits per heavy atom. The first-order valence-electron chi connectivity index (χ1n) is 6.42. The van der Waals surface area contributed by atoms with Crippen LogP contribution < -0.4 is 5.32 Å². The van der Waals surface area contributed by atoms with Crippen LogP contribution in [0.2, 0.25) is 5.02 Å². The summed E-state index contributed by atoms with van der Waals surface area (Å²) in [7, 11) is 2.00. The number of hydrogen-bond donors (Lipinski definition) is 1. The van der Waals surface area contributed by atoms with Gasteiger partial charge in [0.2, 0.25) is 0 Å². The van der Waals surface area contributed by atoms with Gasteiger partial charge in [0.25, 0.3) is 5.69 Å². The van der Waals surface area contributed by atoms with Crippen LogP contribution in [-0.2, 0) is 6.54 Å². The maximum absolute atomic E-state index is 11.1. The fourth-order valence-corrected chi connectivity index (χ4v) is 2.73. The van der Waals surface area contributed by atoms with Crippen molar-refractivity contribution in [3.63, 3.8) is 0 Å². The van der Waals surface area contributed by atoms with Crippen LogP contribution in [0.3, 0.4) is 0 Å². The van der Waals surface area contributed by atoms with Gasteiger partial charge >= 0.3 is 0 Å². The third kappa shape index (κ3) is 3.43. The van der Waals surface area contributed by atoms with E-state index in [1.165, 1.54) is 6.07 Å². The zero-order valence-electron chi connectivity index (χ0n) is 10.9. The molecule has 5 nitrogen and oxygen atoms in total. The van der Waals surface area contributed by atoms with Crippen LogP contribution in [0.15, 0.2) is 18.2 Å². The molecule has 2 rings (SSSR count). The van der Waals surface area contributed by atoms with E-state index in [0.29, 0.717) is 23.2 Å². The molecule has 0 radical (unpaired) electrons. The number of nitro benzene ring substituents is 1. The molecule has 0 spiro atoms. The topological polar surface area (TPSA) is 58.4 Å². The van der Waals surface area contributed by atoms with E-state index < -0.39 is 0 Å². The van der Waals surface area contributed by atoms with Crippen molar-refractivity contribution in [2.24, 2.45) is 0 Å². The van der Waals surface area contributed by atoms with Crippen LogP contribution in [-0.4, -0.2) is 36.0 Å². The van der Waals surface area contributed by atoms with E-state index in [-0.39, 0.29) is 10.6 Å². The number of halogens is 1. The predicted octanol–water partition coefficient (Wildman–Crippen LogP) is 2.43. The SMILES string of the molecule is CN(Cc1c(Cl)cccc1[N+](=O)[O-])C1CCNCC1. The van der Waals surface area contributed by atoms with Gasteiger partial charge in [0, 0.05) is 18.7 Å². The molecule has 1 aromatic rings. The fraction of sp³-hybridized carbons (Fsp3) is 0.538. The standard InChI is InChI=1S/C13H18ClN3O2/c1-16(10-5-7-15-8-6-10)9-11-12(14)3-2-4-13(11)17(18)19/h2-4,10,15H,5-9H2,1H3. The van der Waals surface area contributed by atoms with Gasteiger partial charge in [-0.2, -0.15) is 0 Å². The summed E-state index contributed by atoms with van der Waals surface area (Å²) in [5, 5.41) is 14.8. The molecule has 1 saturated heterocycles. The van der Waals surface area contributed by atoms with Gasteiger partial charge in [-0.15, -0.1) is 0 Å². The first kappa shape index (κ1) is 14.2. The van der Waals surface area contributed by atoms with E-state index in [4.69, 9.17) is 11.6 Å². The highest BCUT2D eigenvalue weighted by atomic mass is 35.5. The zero-order chi connectivity index (χ0) is 13.8. The summed E-state index contributed by atoms with van der Waals surface area (Å²) >= 11 is 6.11. The second-order valence-corrected chi connectivity index (χ2v) is 5.30. The molecule has 0 aliphatic carbocycles. The van der Waals surface area contributed by atoms with Crippen molar-refractivity contribution in [1.29, 1.82) is 0 Å². The van der Waals surface area contributed by atoms with Crippen molar-refractivity contribution in [2.75, 3.05) is 20.1 Å². The Balaban J connectivity index is 2.15. The van der Waals surface area contributed by atoms with Crippen LogP contribution in [0.1, 0.15) is 18.4 Å². The minimum absolute atomic E-state index is 0.105. The largest absolute Gasteiger partial charge is 0.317 e. The Labute approximate surface area is 117 Å². The van der Waals surface area contributed by atoms with Gasteiger partial charge in [0.15, 0.2) is 0 Å². The first-order valence-corrected chi connectivity index (χ1v) is 6.80. The van der Waals surface area contributed by atoms with E-state index in [9.17, 15) is 10.1 Å². The molecular weight excluding hydrogens is 266 g/mol. The lowest BCUT2D eigenvalue weighted by molar-refractivity contribution is -0.385. The van der Waals surface area contributed by atoms with Gasteiger partial charge in [-0.3, -0.25) is 15.0 Å². The van der Waals surface area contributed by atoms with Crippen molar-refractivity contribution in [3.8, 4) is 0 Å². The molecule has 0 saturated carbocycles. The molecule has 6 heteroatoms. The molecule has 0 aromatic heterocycles. The van der Waals surface area contributed by atoms with Crippen molar-refractivity contribution in [1.82, 2.24) is 10.2 Å². The minimum Gasteiger partial charge on any atom is -0.317 e. The molecule has 1 N–H and O–H groups in total. The van der Waals surface area contributed by atoms with Gasteiger partial charge in [-0.25, -0.2) is 0 Å². The fourth-order valence-electron chi connectivity index (χ4n) is 2.50. The van der Waals surface area contributed by atoms with Crippen molar-refractivity contribution < 1.29 is 4.92 Å². The highest BCUT2D eigenvalue weighted by molar-refractivity contribution is 6.31. The number of hydrogen-bond acceptors (Lipinski definition) is 4. The normalized spacial score (nSPS) is 16.8. The van der Waals surface area contributed by atoms with E-state index in [1.54, 1.807) is 12.1 Å². The second-order valence-electron chi connectivity index (χ2n) is 4.89. The molecule has 1 heterocycles. The number of rotatable bonds is 4. The number of benzene rings is 1. The smallest absolute Gasteiger partial charge is 0.275 e. The maximum atomic E-state index is 11.1. The Bertz CT molecular complexity index is 461. The Morgan fingerprint density at radius 2 is 2.16 bits per heavy atom. The van der Waals surface area contributed by atoms with Crippen LogP contribution in [0.5, 0.6) is 0 Å². The summed E-state index contributed by atoms with van der Waals surface area (Å²) in [5.74, 6) is 0. The summed E-state index contributed by atoms with van der Waals surface area (Å²) in [6.45, 7) is 2.51. The molecule has 104 valence electrons. The van der Waals surface area contributed by atoms with Crippen LogP contribution in [0.25, 0.3) is 0 Å². The number of piperidine rings is 1. The molecule has 1 fully saturated rings. The van der Waals surface area contributed by atoms with E-state index in [1.807, 2.05) is 7.05 Å². The lowest BCUT2D eigenvalue weighted by Crippen LogP contribution is -2.40. The molecule has 1 aliphatic rings. The van der Waals surface area contributed by atoms with Gasteiger partial charge < -0.3 is 5.32 Å². The molecule has 19 heavy (non-hydrogen) atoms. The maximum Gasteiger partial charge on any atom is 0.275 e. The molecule has 1 aliphatic heterocycles. The highest BCUT2D eigenvalue weighted by Gasteiger charge is 2.22.